The number of aliphatic hydroxyl groups excluding tert-OH is 3. The van der Waals surface area contributed by atoms with Gasteiger partial charge in [0.05, 0.1) is 131 Å². The van der Waals surface area contributed by atoms with E-state index in [1.165, 1.54) is 88.4 Å². The van der Waals surface area contributed by atoms with Gasteiger partial charge in [0, 0.05) is 112 Å². The van der Waals surface area contributed by atoms with Crippen LogP contribution in [0.25, 0.3) is 45.0 Å². The molecule has 43 heteroatoms. The number of halogens is 9. The van der Waals surface area contributed by atoms with Crippen molar-refractivity contribution in [3.05, 3.63) is 223 Å². The van der Waals surface area contributed by atoms with E-state index in [4.69, 9.17) is 34.5 Å². The van der Waals surface area contributed by atoms with E-state index >= 15 is 0 Å². The first-order valence-corrected chi connectivity index (χ1v) is 44.2. The first-order valence-electron chi connectivity index (χ1n) is 44.2. The minimum atomic E-state index is -4.47. The summed E-state index contributed by atoms with van der Waals surface area (Å²) in [6, 6.07) is 36.9. The number of aliphatic hydroxyl groups is 3. The molecular formula is C94H89F9N24O10. The summed E-state index contributed by atoms with van der Waals surface area (Å²) in [7, 11) is 0. The number of aryl methyl sites for hydroxylation is 1. The summed E-state index contributed by atoms with van der Waals surface area (Å²) >= 11 is 0. The van der Waals surface area contributed by atoms with Gasteiger partial charge in [-0.25, -0.2) is 49.1 Å². The van der Waals surface area contributed by atoms with E-state index in [9.17, 15) is 58.7 Å². The van der Waals surface area contributed by atoms with Crippen molar-refractivity contribution in [3.8, 4) is 62.8 Å². The van der Waals surface area contributed by atoms with Crippen LogP contribution in [0.1, 0.15) is 78.8 Å². The monoisotopic (exact) mass is 1880 g/mol. The molecule has 5 fully saturated rings. The zero-order valence-electron chi connectivity index (χ0n) is 73.3. The number of nitrogens with one attached hydrogen (secondary N) is 4. The Kier molecular flexibility index (Phi) is 26.5. The van der Waals surface area contributed by atoms with Crippen LogP contribution in [-0.2, 0) is 18.5 Å². The summed E-state index contributed by atoms with van der Waals surface area (Å²) in [5.41, 5.74) is 6.86. The number of fused-ring (bicyclic) bond motifs is 16. The number of amides is 8. The quantitative estimate of drug-likeness (QED) is 0.0292. The molecule has 0 unspecified atom stereocenters. The molecule has 7 N–H and O–H groups in total. The lowest BCUT2D eigenvalue weighted by Crippen LogP contribution is -2.48. The number of nitrogens with zero attached hydrogens (tertiary/aromatic N) is 20. The van der Waals surface area contributed by atoms with Crippen LogP contribution in [0.2, 0.25) is 0 Å². The Morgan fingerprint density at radius 2 is 0.745 bits per heavy atom. The van der Waals surface area contributed by atoms with Crippen molar-refractivity contribution < 1.29 is 88.2 Å². The fraction of sp³-hybridized carbons (Fsp3) is 0.319. The Hall–Kier alpha value is -15.3. The Morgan fingerprint density at radius 3 is 1.13 bits per heavy atom. The van der Waals surface area contributed by atoms with Crippen molar-refractivity contribution in [2.75, 3.05) is 152 Å². The summed E-state index contributed by atoms with van der Waals surface area (Å²) in [5, 5.41) is 37.9. The van der Waals surface area contributed by atoms with Crippen molar-refractivity contribution in [1.29, 1.82) is 0 Å². The minimum Gasteiger partial charge on any atom is -0.476 e. The van der Waals surface area contributed by atoms with E-state index in [1.54, 1.807) is 67.0 Å². The van der Waals surface area contributed by atoms with Gasteiger partial charge in [-0.05, 0) is 172 Å². The third-order valence-corrected chi connectivity index (χ3v) is 24.2. The highest BCUT2D eigenvalue weighted by molar-refractivity contribution is 6.07. The molecule has 9 aromatic heterocycles. The number of ether oxygens (including phenoxy) is 3. The number of benzene rings is 3. The second kappa shape index (κ2) is 39.3. The summed E-state index contributed by atoms with van der Waals surface area (Å²) in [6.45, 7) is 7.69. The van der Waals surface area contributed by atoms with Gasteiger partial charge in [0.2, 0.25) is 11.8 Å². The van der Waals surface area contributed by atoms with E-state index in [2.05, 4.69) is 102 Å². The molecule has 21 rings (SSSR count). The topological polar surface area (TPSA) is 385 Å². The number of pyridine rings is 6. The predicted octanol–water partition coefficient (Wildman–Crippen LogP) is 15.4. The lowest BCUT2D eigenvalue weighted by Gasteiger charge is -2.35. The van der Waals surface area contributed by atoms with Crippen molar-refractivity contribution >= 4 is 93.4 Å². The van der Waals surface area contributed by atoms with E-state index in [0.717, 1.165) is 134 Å². The van der Waals surface area contributed by atoms with E-state index in [0.29, 0.717) is 95.4 Å². The first-order chi connectivity index (χ1) is 66.1. The molecule has 0 radical (unpaired) electrons. The van der Waals surface area contributed by atoms with Crippen LogP contribution in [-0.4, -0.2) is 215 Å². The van der Waals surface area contributed by atoms with Crippen LogP contribution < -0.4 is 74.7 Å². The van der Waals surface area contributed by atoms with Crippen LogP contribution in [0.3, 0.4) is 0 Å². The zero-order chi connectivity index (χ0) is 95.4. The second-order valence-electron chi connectivity index (χ2n) is 33.4. The molecular weight excluding hydrogens is 1800 g/mol. The van der Waals surface area contributed by atoms with Crippen LogP contribution in [0.4, 0.5) is 128 Å². The summed E-state index contributed by atoms with van der Waals surface area (Å²) < 4.78 is 135. The summed E-state index contributed by atoms with van der Waals surface area (Å²) in [5.74, 6) is 3.95. The molecule has 9 aliphatic rings. The standard InChI is InChI=1S/C24H23F3N6O3.C24H24N6O.2C23H21F3N6O3/c25-24(26,27)16-4-1-3-15(11-16)18-5-6-19-22(29-18)33(17-7-8-32(19)14-17)23(35)31-20-12-28-13-21(30-20)36-10-2-9-34;1-15-12-18(7-9-25-15)20-4-5-21-23(27-20)30(19-8-11-29(21)14-19)24(31)28-22-13-17(6-10-26-22)16-2-3-16;24-23(25,26)15-3-1-2-14(12-15)17-4-5-18-20(28-17)32(16-7-9-31(18)13-16)22(34)30-19-6-8-27-21(29-19)35-11-10-33;24-23(25,26)15-3-1-2-14(10-15)17-4-5-18-21(28-17)32(16-6-7-31(18)13-16)22(34)30-19-11-27-12-20(29-19)35-9-8-33/h1,3-6,11-13,17,34H,2,7-10,14H2,(H,30,31,35);4-7,9-10,12-13,16,19H,2-3,8,11,14H2,1H3,(H,26,28,31);1-6,8,12,16,33H,7,9-11,13H2,(H,27,29,30,34);1-5,10-12,16,33H,6-9,13H2,(H,29,30,34)/t17-;19-;2*16-/m0000/s1. The van der Waals surface area contributed by atoms with E-state index in [1.807, 2.05) is 42.2 Å². The molecule has 1 aliphatic carbocycles. The molecule has 12 aromatic rings. The van der Waals surface area contributed by atoms with Crippen LogP contribution in [0.15, 0.2) is 195 Å². The number of carbonyl (C=O) groups is 4. The zero-order valence-corrected chi connectivity index (χ0v) is 73.3. The Morgan fingerprint density at radius 1 is 0.372 bits per heavy atom. The number of aromatic nitrogens is 12. The van der Waals surface area contributed by atoms with E-state index in [-0.39, 0.29) is 105 Å². The number of carbonyl (C=O) groups excluding carboxylic acids is 4. The molecule has 3 aromatic carbocycles. The molecule has 17 heterocycles. The smallest absolute Gasteiger partial charge is 0.416 e. The van der Waals surface area contributed by atoms with E-state index < -0.39 is 53.3 Å². The molecule has 4 atom stereocenters. The van der Waals surface area contributed by atoms with Crippen molar-refractivity contribution in [2.24, 2.45) is 0 Å². The molecule has 1 saturated carbocycles. The highest BCUT2D eigenvalue weighted by atomic mass is 19.4. The average Bonchev–Trinajstić information content (AvgIpc) is 1.65. The van der Waals surface area contributed by atoms with Crippen molar-refractivity contribution in [2.45, 2.75) is 100 Å². The van der Waals surface area contributed by atoms with Gasteiger partial charge in [0.25, 0.3) is 0 Å². The van der Waals surface area contributed by atoms with Crippen LogP contribution >= 0.6 is 0 Å². The number of anilines is 12. The van der Waals surface area contributed by atoms with Crippen molar-refractivity contribution in [1.82, 2.24) is 59.8 Å². The Balaban J connectivity index is 0.000000122. The highest BCUT2D eigenvalue weighted by Crippen LogP contribution is 2.48. The van der Waals surface area contributed by atoms with Crippen molar-refractivity contribution in [3.63, 3.8) is 0 Å². The molecule has 34 nitrogen and oxygen atoms in total. The maximum atomic E-state index is 13.4. The first kappa shape index (κ1) is 92.2. The summed E-state index contributed by atoms with van der Waals surface area (Å²) in [4.78, 5) is 121. The third kappa shape index (κ3) is 20.7. The Bertz CT molecular complexity index is 6300. The fourth-order valence-electron chi connectivity index (χ4n) is 17.6. The van der Waals surface area contributed by atoms with Gasteiger partial charge in [-0.3, -0.25) is 55.8 Å². The SMILES string of the molecule is Cc1cc(-c2ccc3c(n2)N(C(=O)Nc2cc(C4CC4)ccn2)[C@H]2CCN3C2)ccn1.O=C(Nc1ccnc(OCCO)n1)N1c2nc(-c3cccc(C(F)(F)F)c3)ccc2N2CC[C@H]1C2.O=C(Nc1cncc(OCCCO)n1)N1c2nc(-c3cccc(C(F)(F)F)c3)ccc2N2CC[C@H]1C2.O=C(Nc1cncc(OCCO)n1)N1c2nc(-c3cccc(C(F)(F)F)c3)ccc2N2CC[C@H]1C2. The largest absolute Gasteiger partial charge is 0.476 e. The van der Waals surface area contributed by atoms with Crippen LogP contribution in [0, 0.1) is 6.92 Å². The van der Waals surface area contributed by atoms with Gasteiger partial charge in [-0.1, -0.05) is 36.4 Å². The lowest BCUT2D eigenvalue weighted by molar-refractivity contribution is -0.138. The molecule has 4 saturated heterocycles. The van der Waals surface area contributed by atoms with Gasteiger partial charge in [0.15, 0.2) is 34.9 Å². The lowest BCUT2D eigenvalue weighted by atomic mass is 10.1. The number of rotatable bonds is 19. The minimum absolute atomic E-state index is 0.00731. The third-order valence-electron chi connectivity index (χ3n) is 24.2. The molecule has 8 bridgehead atoms. The normalized spacial score (nSPS) is 17.3. The molecule has 708 valence electrons. The second-order valence-corrected chi connectivity index (χ2v) is 33.4. The maximum absolute atomic E-state index is 13.4. The molecule has 0 spiro atoms. The number of hydrogen-bond acceptors (Lipinski definition) is 26. The molecule has 8 amide bonds. The number of hydrogen-bond donors (Lipinski definition) is 7. The molecule has 137 heavy (non-hydrogen) atoms. The highest BCUT2D eigenvalue weighted by Gasteiger charge is 2.46. The average molecular weight is 1890 g/mol. The van der Waals surface area contributed by atoms with Gasteiger partial charge < -0.3 is 49.1 Å². The van der Waals surface area contributed by atoms with Crippen LogP contribution in [0.5, 0.6) is 17.8 Å². The van der Waals surface area contributed by atoms with Gasteiger partial charge in [0.1, 0.15) is 24.8 Å². The van der Waals surface area contributed by atoms with Gasteiger partial charge in [-0.2, -0.15) is 54.5 Å². The Labute approximate surface area is 776 Å². The number of alkyl halides is 9. The summed E-state index contributed by atoms with van der Waals surface area (Å²) in [6.07, 6.45) is 3.04. The fourth-order valence-corrected chi connectivity index (χ4v) is 17.6. The van der Waals surface area contributed by atoms with Gasteiger partial charge in [-0.15, -0.1) is 0 Å². The number of urea groups is 4. The van der Waals surface area contributed by atoms with Gasteiger partial charge >= 0.3 is 48.7 Å². The molecule has 8 aliphatic heterocycles. The maximum Gasteiger partial charge on any atom is 0.416 e. The predicted molar refractivity (Wildman–Crippen MR) is 489 cm³/mol.